The van der Waals surface area contributed by atoms with Crippen LogP contribution in [-0.2, 0) is 14.6 Å². The maximum atomic E-state index is 11.6. The van der Waals surface area contributed by atoms with E-state index in [2.05, 4.69) is 10.3 Å². The molecule has 0 amide bonds. The number of thioether (sulfide) groups is 1. The molecule has 0 bridgehead atoms. The number of benzene rings is 1. The lowest BCUT2D eigenvalue weighted by Gasteiger charge is -2.07. The highest BCUT2D eigenvalue weighted by molar-refractivity contribution is 8.15. The van der Waals surface area contributed by atoms with Crippen molar-refractivity contribution in [3.63, 3.8) is 0 Å². The molecular weight excluding hydrogens is 324 g/mol. The average Bonchev–Trinajstić information content (AvgIpc) is 2.92. The summed E-state index contributed by atoms with van der Waals surface area (Å²) < 4.78 is 28.0. The van der Waals surface area contributed by atoms with Gasteiger partial charge in [-0.05, 0) is 31.2 Å². The number of aliphatic imine (C=N–C) groups is 1. The zero-order chi connectivity index (χ0) is 15.7. The molecule has 0 aliphatic carbocycles. The van der Waals surface area contributed by atoms with E-state index in [0.717, 1.165) is 10.9 Å². The molecule has 3 rings (SSSR count). The normalized spacial score (nSPS) is 25.4. The third-order valence-corrected chi connectivity index (χ3v) is 6.61. The number of carbonyl (C=O) groups is 1. The standard InChI is InChI=1S/C14H16N2O4S2/c1-2-20-13(17)9-3-5-10(6-4-9)15-14-16-11-7-22(18,19)8-12(11)21-14/h3-6,11-12H,2,7-8H2,1H3,(H,15,16)/t11-,12+/m0/s1. The predicted octanol–water partition coefficient (Wildman–Crippen LogP) is 1.54. The minimum atomic E-state index is -2.93. The summed E-state index contributed by atoms with van der Waals surface area (Å²) in [4.78, 5) is 16.0. The fourth-order valence-corrected chi connectivity index (χ4v) is 6.12. The van der Waals surface area contributed by atoms with Gasteiger partial charge in [0.15, 0.2) is 15.0 Å². The van der Waals surface area contributed by atoms with E-state index in [1.54, 1.807) is 31.2 Å². The summed E-state index contributed by atoms with van der Waals surface area (Å²) in [5.41, 5.74) is 1.30. The van der Waals surface area contributed by atoms with Crippen LogP contribution in [0, 0.1) is 0 Å². The SMILES string of the molecule is CCOC(=O)c1ccc(NC2=N[C@H]3CS(=O)(=O)C[C@H]3S2)cc1. The van der Waals surface area contributed by atoms with Gasteiger partial charge in [0.05, 0.1) is 29.7 Å². The summed E-state index contributed by atoms with van der Waals surface area (Å²) in [5, 5.41) is 3.91. The summed E-state index contributed by atoms with van der Waals surface area (Å²) in [5.74, 6) is -0.0161. The number of nitrogens with one attached hydrogen (secondary N) is 1. The maximum Gasteiger partial charge on any atom is 0.338 e. The molecule has 0 radical (unpaired) electrons. The highest BCUT2D eigenvalue weighted by atomic mass is 32.2. The molecule has 0 aromatic heterocycles. The minimum absolute atomic E-state index is 0.0197. The van der Waals surface area contributed by atoms with Crippen molar-refractivity contribution < 1.29 is 17.9 Å². The van der Waals surface area contributed by atoms with Crippen LogP contribution in [0.25, 0.3) is 0 Å². The molecule has 6 nitrogen and oxygen atoms in total. The fraction of sp³-hybridized carbons (Fsp3) is 0.429. The van der Waals surface area contributed by atoms with E-state index in [9.17, 15) is 13.2 Å². The van der Waals surface area contributed by atoms with Gasteiger partial charge in [0.1, 0.15) is 0 Å². The smallest absolute Gasteiger partial charge is 0.338 e. The second-order valence-corrected chi connectivity index (χ2v) is 8.54. The van der Waals surface area contributed by atoms with Crippen LogP contribution in [0.2, 0.25) is 0 Å². The van der Waals surface area contributed by atoms with Gasteiger partial charge in [-0.15, -0.1) is 0 Å². The van der Waals surface area contributed by atoms with Gasteiger partial charge in [-0.25, -0.2) is 13.2 Å². The molecule has 1 saturated heterocycles. The zero-order valence-corrected chi connectivity index (χ0v) is 13.6. The molecule has 0 saturated carbocycles. The number of hydrogen-bond acceptors (Lipinski definition) is 7. The Kier molecular flexibility index (Phi) is 4.14. The van der Waals surface area contributed by atoms with Gasteiger partial charge in [-0.1, -0.05) is 11.8 Å². The molecule has 2 aliphatic rings. The summed E-state index contributed by atoms with van der Waals surface area (Å²) in [6.07, 6.45) is 0. The lowest BCUT2D eigenvalue weighted by Crippen LogP contribution is -2.13. The first kappa shape index (κ1) is 15.4. The molecule has 8 heteroatoms. The maximum absolute atomic E-state index is 11.6. The molecular formula is C14H16N2O4S2. The van der Waals surface area contributed by atoms with Crippen molar-refractivity contribution in [2.75, 3.05) is 23.4 Å². The molecule has 1 fully saturated rings. The second-order valence-electron chi connectivity index (χ2n) is 5.16. The molecule has 1 N–H and O–H groups in total. The third kappa shape index (κ3) is 3.27. The van der Waals surface area contributed by atoms with E-state index in [4.69, 9.17) is 4.74 Å². The van der Waals surface area contributed by atoms with Gasteiger partial charge in [0, 0.05) is 10.9 Å². The van der Waals surface area contributed by atoms with Crippen molar-refractivity contribution in [3.8, 4) is 0 Å². The summed E-state index contributed by atoms with van der Waals surface area (Å²) in [6.45, 7) is 2.11. The molecule has 1 aromatic carbocycles. The molecule has 0 spiro atoms. The number of fused-ring (bicyclic) bond motifs is 1. The van der Waals surface area contributed by atoms with Gasteiger partial charge >= 0.3 is 5.97 Å². The largest absolute Gasteiger partial charge is 0.462 e. The van der Waals surface area contributed by atoms with Gasteiger partial charge in [0.2, 0.25) is 0 Å². The molecule has 2 atom stereocenters. The van der Waals surface area contributed by atoms with Gasteiger partial charge in [-0.2, -0.15) is 0 Å². The molecule has 22 heavy (non-hydrogen) atoms. The quantitative estimate of drug-likeness (QED) is 0.840. The first-order valence-corrected chi connectivity index (χ1v) is 9.66. The number of nitrogens with zero attached hydrogens (tertiary/aromatic N) is 1. The summed E-state index contributed by atoms with van der Waals surface area (Å²) in [6, 6.07) is 6.79. The highest BCUT2D eigenvalue weighted by Gasteiger charge is 2.42. The van der Waals surface area contributed by atoms with Gasteiger partial charge in [-0.3, -0.25) is 4.99 Å². The Morgan fingerprint density at radius 3 is 2.73 bits per heavy atom. The summed E-state index contributed by atoms with van der Waals surface area (Å²) >= 11 is 1.47. The van der Waals surface area contributed by atoms with E-state index in [1.807, 2.05) is 0 Å². The van der Waals surface area contributed by atoms with Crippen molar-refractivity contribution in [3.05, 3.63) is 29.8 Å². The van der Waals surface area contributed by atoms with Gasteiger partial charge < -0.3 is 10.1 Å². The van der Waals surface area contributed by atoms with E-state index >= 15 is 0 Å². The lowest BCUT2D eigenvalue weighted by molar-refractivity contribution is 0.0526. The average molecular weight is 340 g/mol. The molecule has 2 heterocycles. The monoisotopic (exact) mass is 340 g/mol. The van der Waals surface area contributed by atoms with Crippen molar-refractivity contribution >= 4 is 38.4 Å². The Bertz CT molecular complexity index is 713. The fourth-order valence-electron chi connectivity index (χ4n) is 2.44. The minimum Gasteiger partial charge on any atom is -0.462 e. The Balaban J connectivity index is 1.64. The molecule has 118 valence electrons. The molecule has 2 aliphatic heterocycles. The number of hydrogen-bond donors (Lipinski definition) is 1. The second kappa shape index (κ2) is 5.92. The van der Waals surface area contributed by atoms with Gasteiger partial charge in [0.25, 0.3) is 0 Å². The van der Waals surface area contributed by atoms with Crippen LogP contribution in [0.4, 0.5) is 5.69 Å². The Labute approximate surface area is 133 Å². The number of esters is 1. The van der Waals surface area contributed by atoms with Crippen LogP contribution in [0.15, 0.2) is 29.3 Å². The first-order chi connectivity index (χ1) is 10.5. The lowest BCUT2D eigenvalue weighted by atomic mass is 10.2. The predicted molar refractivity (Wildman–Crippen MR) is 87.3 cm³/mol. The molecule has 0 unspecified atom stereocenters. The van der Waals surface area contributed by atoms with Crippen LogP contribution < -0.4 is 5.32 Å². The third-order valence-electron chi connectivity index (χ3n) is 3.47. The van der Waals surface area contributed by atoms with E-state index in [-0.39, 0.29) is 28.8 Å². The van der Waals surface area contributed by atoms with Crippen LogP contribution in [0.5, 0.6) is 0 Å². The van der Waals surface area contributed by atoms with Crippen molar-refractivity contribution in [1.82, 2.24) is 0 Å². The molecule has 1 aromatic rings. The van der Waals surface area contributed by atoms with E-state index in [0.29, 0.717) is 12.2 Å². The topological polar surface area (TPSA) is 84.8 Å². The number of anilines is 1. The Morgan fingerprint density at radius 1 is 1.36 bits per heavy atom. The summed E-state index contributed by atoms with van der Waals surface area (Å²) in [7, 11) is -2.93. The van der Waals surface area contributed by atoms with E-state index < -0.39 is 9.84 Å². The van der Waals surface area contributed by atoms with Crippen molar-refractivity contribution in [2.24, 2.45) is 4.99 Å². The number of sulfone groups is 1. The highest BCUT2D eigenvalue weighted by Crippen LogP contribution is 2.34. The van der Waals surface area contributed by atoms with Crippen molar-refractivity contribution in [1.29, 1.82) is 0 Å². The van der Waals surface area contributed by atoms with Crippen molar-refractivity contribution in [2.45, 2.75) is 18.2 Å². The zero-order valence-electron chi connectivity index (χ0n) is 12.0. The number of amidine groups is 1. The van der Waals surface area contributed by atoms with Crippen LogP contribution in [-0.4, -0.2) is 49.0 Å². The number of carbonyl (C=O) groups excluding carboxylic acids is 1. The Hall–Kier alpha value is -1.54. The first-order valence-electron chi connectivity index (χ1n) is 6.96. The van der Waals surface area contributed by atoms with Crippen LogP contribution >= 0.6 is 11.8 Å². The number of rotatable bonds is 3. The van der Waals surface area contributed by atoms with Crippen LogP contribution in [0.1, 0.15) is 17.3 Å². The van der Waals surface area contributed by atoms with E-state index in [1.165, 1.54) is 11.8 Å². The Morgan fingerprint density at radius 2 is 2.09 bits per heavy atom. The van der Waals surface area contributed by atoms with Crippen LogP contribution in [0.3, 0.4) is 0 Å². The number of ether oxygens (including phenoxy) is 1.